The van der Waals surface area contributed by atoms with Crippen molar-refractivity contribution in [2.45, 2.75) is 19.4 Å². The highest BCUT2D eigenvalue weighted by Crippen LogP contribution is 2.17. The molecule has 0 saturated carbocycles. The molecular weight excluding hydrogens is 347 g/mol. The molecule has 0 atom stereocenters. The number of anilines is 1. The van der Waals surface area contributed by atoms with Crippen LogP contribution in [-0.4, -0.2) is 29.6 Å². The number of hydrogen-bond acceptors (Lipinski definition) is 5. The number of carbonyl (C=O) groups excluding carboxylic acids is 1. The van der Waals surface area contributed by atoms with Gasteiger partial charge in [0.15, 0.2) is 0 Å². The minimum absolute atomic E-state index is 0.0178. The lowest BCUT2D eigenvalue weighted by atomic mass is 10.1. The van der Waals surface area contributed by atoms with Crippen molar-refractivity contribution in [2.24, 2.45) is 5.16 Å². The second-order valence-corrected chi connectivity index (χ2v) is 6.24. The zero-order valence-corrected chi connectivity index (χ0v) is 14.7. The highest BCUT2D eigenvalue weighted by molar-refractivity contribution is 6.00. The predicted molar refractivity (Wildman–Crippen MR) is 99.3 cm³/mol. The van der Waals surface area contributed by atoms with Crippen molar-refractivity contribution in [1.29, 1.82) is 5.26 Å². The topological polar surface area (TPSA) is 91.7 Å². The molecule has 0 bridgehead atoms. The Labute approximate surface area is 156 Å². The Hall–Kier alpha value is -3.40. The second-order valence-electron chi connectivity index (χ2n) is 6.24. The van der Waals surface area contributed by atoms with Crippen molar-refractivity contribution < 1.29 is 14.0 Å². The molecule has 0 unspecified atom stereocenters. The highest BCUT2D eigenvalue weighted by atomic mass is 19.1. The first kappa shape index (κ1) is 18.4. The lowest BCUT2D eigenvalue weighted by Gasteiger charge is -2.27. The summed E-state index contributed by atoms with van der Waals surface area (Å²) in [5, 5.41) is 13.0. The summed E-state index contributed by atoms with van der Waals surface area (Å²) in [5.41, 5.74) is 8.37. The van der Waals surface area contributed by atoms with E-state index in [1.807, 2.05) is 0 Å². The van der Waals surface area contributed by atoms with Crippen LogP contribution in [0, 0.1) is 17.1 Å². The quantitative estimate of drug-likeness (QED) is 0.665. The molecule has 2 aromatic carbocycles. The fourth-order valence-corrected chi connectivity index (χ4v) is 2.87. The third-order valence-electron chi connectivity index (χ3n) is 4.40. The van der Waals surface area contributed by atoms with Crippen molar-refractivity contribution >= 4 is 17.3 Å². The SMILES string of the molecule is N#Cc1cc(CON=C2CCN(C(=O)c3ccccc3N)CC2)ccc1F. The number of oxime groups is 1. The average Bonchev–Trinajstić information content (AvgIpc) is 2.69. The Kier molecular flexibility index (Phi) is 5.67. The lowest BCUT2D eigenvalue weighted by Crippen LogP contribution is -2.39. The molecule has 1 aliphatic heterocycles. The summed E-state index contributed by atoms with van der Waals surface area (Å²) in [6.07, 6.45) is 1.23. The van der Waals surface area contributed by atoms with E-state index >= 15 is 0 Å². The van der Waals surface area contributed by atoms with Gasteiger partial charge >= 0.3 is 0 Å². The van der Waals surface area contributed by atoms with Crippen molar-refractivity contribution in [3.8, 4) is 6.07 Å². The molecule has 1 aliphatic rings. The standard InChI is InChI=1S/C20H19FN4O2/c21-18-6-5-14(11-15(18)12-22)13-27-24-16-7-9-25(10-8-16)20(26)17-3-1-2-4-19(17)23/h1-6,11H,7-10,13,23H2. The summed E-state index contributed by atoms with van der Waals surface area (Å²) in [6.45, 7) is 1.25. The smallest absolute Gasteiger partial charge is 0.255 e. The van der Waals surface area contributed by atoms with Gasteiger partial charge in [0.25, 0.3) is 5.91 Å². The molecule has 0 aromatic heterocycles. The van der Waals surface area contributed by atoms with Crippen molar-refractivity contribution in [1.82, 2.24) is 4.90 Å². The van der Waals surface area contributed by atoms with Crippen LogP contribution >= 0.6 is 0 Å². The van der Waals surface area contributed by atoms with Gasteiger partial charge in [0.2, 0.25) is 0 Å². The van der Waals surface area contributed by atoms with Gasteiger partial charge in [-0.1, -0.05) is 23.4 Å². The number of nitrogens with zero attached hydrogens (tertiary/aromatic N) is 3. The molecule has 27 heavy (non-hydrogen) atoms. The fourth-order valence-electron chi connectivity index (χ4n) is 2.87. The number of nitrogens with two attached hydrogens (primary N) is 1. The average molecular weight is 366 g/mol. The third-order valence-corrected chi connectivity index (χ3v) is 4.40. The highest BCUT2D eigenvalue weighted by Gasteiger charge is 2.22. The Morgan fingerprint density at radius 1 is 1.26 bits per heavy atom. The second kappa shape index (κ2) is 8.32. The molecule has 1 amide bonds. The summed E-state index contributed by atoms with van der Waals surface area (Å²) in [5.74, 6) is -0.632. The zero-order chi connectivity index (χ0) is 19.2. The maximum absolute atomic E-state index is 13.3. The van der Waals surface area contributed by atoms with Gasteiger partial charge in [-0.3, -0.25) is 4.79 Å². The van der Waals surface area contributed by atoms with E-state index in [9.17, 15) is 9.18 Å². The summed E-state index contributed by atoms with van der Waals surface area (Å²) in [7, 11) is 0. The van der Waals surface area contributed by atoms with Crippen LogP contribution in [0.2, 0.25) is 0 Å². The molecule has 7 heteroatoms. The fraction of sp³-hybridized carbons (Fsp3) is 0.250. The first-order valence-corrected chi connectivity index (χ1v) is 8.58. The molecule has 1 heterocycles. The van der Waals surface area contributed by atoms with E-state index in [0.717, 1.165) is 5.71 Å². The first-order chi connectivity index (χ1) is 13.1. The lowest BCUT2D eigenvalue weighted by molar-refractivity contribution is 0.0750. The number of amides is 1. The molecular formula is C20H19FN4O2. The van der Waals surface area contributed by atoms with E-state index in [0.29, 0.717) is 42.7 Å². The number of benzene rings is 2. The Balaban J connectivity index is 1.53. The molecule has 1 saturated heterocycles. The predicted octanol–water partition coefficient (Wildman–Crippen LogP) is 3.09. The number of hydrogen-bond donors (Lipinski definition) is 1. The van der Waals surface area contributed by atoms with Crippen molar-refractivity contribution in [2.75, 3.05) is 18.8 Å². The van der Waals surface area contributed by atoms with Crippen LogP contribution in [0.15, 0.2) is 47.6 Å². The van der Waals surface area contributed by atoms with E-state index in [4.69, 9.17) is 15.8 Å². The number of halogens is 1. The van der Waals surface area contributed by atoms with Gasteiger partial charge in [-0.15, -0.1) is 0 Å². The van der Waals surface area contributed by atoms with Crippen molar-refractivity contribution in [3.05, 3.63) is 65.0 Å². The van der Waals surface area contributed by atoms with Crippen LogP contribution in [0.3, 0.4) is 0 Å². The van der Waals surface area contributed by atoms with Gasteiger partial charge in [0.05, 0.1) is 16.8 Å². The van der Waals surface area contributed by atoms with Gasteiger partial charge in [0.1, 0.15) is 18.5 Å². The van der Waals surface area contributed by atoms with Crippen LogP contribution in [0.25, 0.3) is 0 Å². The van der Waals surface area contributed by atoms with Gasteiger partial charge < -0.3 is 15.5 Å². The van der Waals surface area contributed by atoms with Crippen LogP contribution < -0.4 is 5.73 Å². The minimum atomic E-state index is -0.552. The van der Waals surface area contributed by atoms with Crippen molar-refractivity contribution in [3.63, 3.8) is 0 Å². The van der Waals surface area contributed by atoms with E-state index in [1.54, 1.807) is 41.3 Å². The molecule has 1 fully saturated rings. The van der Waals surface area contributed by atoms with E-state index in [2.05, 4.69) is 5.16 Å². The number of likely N-dealkylation sites (tertiary alicyclic amines) is 1. The van der Waals surface area contributed by atoms with Gasteiger partial charge in [0, 0.05) is 31.6 Å². The summed E-state index contributed by atoms with van der Waals surface area (Å²) < 4.78 is 13.3. The first-order valence-electron chi connectivity index (χ1n) is 8.58. The molecule has 2 aromatic rings. The number of nitrogen functional groups attached to an aromatic ring is 1. The number of rotatable bonds is 4. The monoisotopic (exact) mass is 366 g/mol. The molecule has 3 rings (SSSR count). The summed E-state index contributed by atoms with van der Waals surface area (Å²) in [6, 6.07) is 13.1. The van der Waals surface area contributed by atoms with E-state index < -0.39 is 5.82 Å². The van der Waals surface area contributed by atoms with Gasteiger partial charge in [-0.2, -0.15) is 5.26 Å². The molecule has 0 aliphatic carbocycles. The minimum Gasteiger partial charge on any atom is -0.398 e. The molecule has 6 nitrogen and oxygen atoms in total. The number of piperidine rings is 1. The van der Waals surface area contributed by atoms with Crippen LogP contribution in [0.5, 0.6) is 0 Å². The molecule has 2 N–H and O–H groups in total. The molecule has 0 spiro atoms. The van der Waals surface area contributed by atoms with Gasteiger partial charge in [-0.25, -0.2) is 4.39 Å². The Bertz CT molecular complexity index is 910. The molecule has 0 radical (unpaired) electrons. The number of carbonyl (C=O) groups is 1. The normalized spacial score (nSPS) is 13.8. The van der Waals surface area contributed by atoms with E-state index in [1.165, 1.54) is 12.1 Å². The number of nitriles is 1. The van der Waals surface area contributed by atoms with E-state index in [-0.39, 0.29) is 18.1 Å². The largest absolute Gasteiger partial charge is 0.398 e. The number of para-hydroxylation sites is 1. The van der Waals surface area contributed by atoms with Crippen LogP contribution in [-0.2, 0) is 11.4 Å². The molecule has 138 valence electrons. The van der Waals surface area contributed by atoms with Crippen LogP contribution in [0.4, 0.5) is 10.1 Å². The Morgan fingerprint density at radius 3 is 2.70 bits per heavy atom. The maximum atomic E-state index is 13.3. The third kappa shape index (κ3) is 4.42. The van der Waals surface area contributed by atoms with Gasteiger partial charge in [-0.05, 0) is 29.8 Å². The van der Waals surface area contributed by atoms with Crippen LogP contribution in [0.1, 0.15) is 34.3 Å². The maximum Gasteiger partial charge on any atom is 0.255 e. The summed E-state index contributed by atoms with van der Waals surface area (Å²) >= 11 is 0. The zero-order valence-electron chi connectivity index (χ0n) is 14.7. The summed E-state index contributed by atoms with van der Waals surface area (Å²) in [4.78, 5) is 19.6. The Morgan fingerprint density at radius 2 is 2.00 bits per heavy atom.